The normalized spacial score (nSPS) is 11.3. The number of nitriles is 1. The average Bonchev–Trinajstić information content (AvgIpc) is 2.81. The number of aromatic nitrogens is 1. The van der Waals surface area contributed by atoms with Crippen molar-refractivity contribution in [3.63, 3.8) is 0 Å². The van der Waals surface area contributed by atoms with Crippen molar-refractivity contribution in [1.29, 1.82) is 5.26 Å². The molecule has 0 radical (unpaired) electrons. The van der Waals surface area contributed by atoms with Crippen LogP contribution in [0.3, 0.4) is 0 Å². The van der Waals surface area contributed by atoms with Crippen LogP contribution in [0.15, 0.2) is 66.5 Å². The van der Waals surface area contributed by atoms with Crippen LogP contribution in [0.2, 0.25) is 0 Å². The molecule has 10 heteroatoms. The molecule has 0 fully saturated rings. The summed E-state index contributed by atoms with van der Waals surface area (Å²) in [6, 6.07) is 12.5. The number of aromatic hydroxyl groups is 1. The zero-order valence-electron chi connectivity index (χ0n) is 17.3. The van der Waals surface area contributed by atoms with E-state index < -0.39 is 39.4 Å². The van der Waals surface area contributed by atoms with Gasteiger partial charge in [0.25, 0.3) is 5.91 Å². The number of nitro benzene ring substituents is 1. The molecule has 0 spiro atoms. The van der Waals surface area contributed by atoms with Gasteiger partial charge in [0.2, 0.25) is 0 Å². The summed E-state index contributed by atoms with van der Waals surface area (Å²) < 4.78 is 14.7. The van der Waals surface area contributed by atoms with Crippen LogP contribution in [-0.2, 0) is 11.3 Å². The van der Waals surface area contributed by atoms with E-state index in [2.05, 4.69) is 4.98 Å². The SMILES string of the molecule is CN(Cc1ccc(-c2cccnc2)cc1F)C(=O)/C(C#N)=C(\O)c1ccc(O)c([N+](=O)[O-])c1. The number of aliphatic hydroxyl groups excluding tert-OH is 1. The quantitative estimate of drug-likeness (QED) is 0.191. The van der Waals surface area contributed by atoms with E-state index in [1.807, 2.05) is 0 Å². The zero-order chi connectivity index (χ0) is 24.1. The first-order chi connectivity index (χ1) is 15.7. The van der Waals surface area contributed by atoms with Gasteiger partial charge >= 0.3 is 5.69 Å². The molecular formula is C23H17FN4O5. The molecule has 0 atom stereocenters. The summed E-state index contributed by atoms with van der Waals surface area (Å²) in [5.74, 6) is -2.92. The molecular weight excluding hydrogens is 431 g/mol. The van der Waals surface area contributed by atoms with Crippen LogP contribution < -0.4 is 0 Å². The molecule has 1 aromatic heterocycles. The van der Waals surface area contributed by atoms with Crippen molar-refractivity contribution in [3.05, 3.63) is 93.6 Å². The van der Waals surface area contributed by atoms with Crippen LogP contribution in [0.5, 0.6) is 5.75 Å². The van der Waals surface area contributed by atoms with Crippen LogP contribution in [0, 0.1) is 27.3 Å². The predicted molar refractivity (Wildman–Crippen MR) is 116 cm³/mol. The second-order valence-corrected chi connectivity index (χ2v) is 7.01. The molecule has 0 aliphatic rings. The van der Waals surface area contributed by atoms with E-state index in [9.17, 15) is 34.8 Å². The molecule has 33 heavy (non-hydrogen) atoms. The van der Waals surface area contributed by atoms with Crippen LogP contribution in [0.4, 0.5) is 10.1 Å². The number of hydrogen-bond acceptors (Lipinski definition) is 7. The van der Waals surface area contributed by atoms with Crippen LogP contribution in [0.1, 0.15) is 11.1 Å². The monoisotopic (exact) mass is 448 g/mol. The second-order valence-electron chi connectivity index (χ2n) is 7.01. The van der Waals surface area contributed by atoms with Crippen LogP contribution in [0.25, 0.3) is 16.9 Å². The van der Waals surface area contributed by atoms with Crippen LogP contribution in [-0.4, -0.2) is 38.0 Å². The molecule has 0 aliphatic heterocycles. The van der Waals surface area contributed by atoms with E-state index in [0.717, 1.165) is 28.7 Å². The molecule has 9 nitrogen and oxygen atoms in total. The summed E-state index contributed by atoms with van der Waals surface area (Å²) in [6.45, 7) is -0.202. The lowest BCUT2D eigenvalue weighted by atomic mass is 10.0. The minimum atomic E-state index is -0.915. The Morgan fingerprint density at radius 3 is 2.61 bits per heavy atom. The van der Waals surface area contributed by atoms with Crippen molar-refractivity contribution < 1.29 is 24.3 Å². The summed E-state index contributed by atoms with van der Waals surface area (Å²) in [7, 11) is 1.32. The first-order valence-corrected chi connectivity index (χ1v) is 9.48. The number of nitrogens with zero attached hydrogens (tertiary/aromatic N) is 4. The molecule has 0 saturated heterocycles. The number of carbonyl (C=O) groups excluding carboxylic acids is 1. The molecule has 0 unspecified atom stereocenters. The van der Waals surface area contributed by atoms with Gasteiger partial charge in [-0.05, 0) is 29.8 Å². The third kappa shape index (κ3) is 4.94. The molecule has 0 saturated carbocycles. The Morgan fingerprint density at radius 2 is 2.00 bits per heavy atom. The number of phenolic OH excluding ortho intramolecular Hbond substituents is 1. The van der Waals surface area contributed by atoms with Gasteiger partial charge in [-0.2, -0.15) is 5.26 Å². The molecule has 0 aliphatic carbocycles. The minimum absolute atomic E-state index is 0.176. The number of pyridine rings is 1. The lowest BCUT2D eigenvalue weighted by molar-refractivity contribution is -0.385. The predicted octanol–water partition coefficient (Wildman–Crippen LogP) is 3.95. The van der Waals surface area contributed by atoms with E-state index in [1.54, 1.807) is 36.7 Å². The van der Waals surface area contributed by atoms with E-state index in [0.29, 0.717) is 5.56 Å². The highest BCUT2D eigenvalue weighted by Gasteiger charge is 2.23. The van der Waals surface area contributed by atoms with E-state index in [4.69, 9.17) is 0 Å². The van der Waals surface area contributed by atoms with Crippen molar-refractivity contribution in [2.75, 3.05) is 7.05 Å². The van der Waals surface area contributed by atoms with Crippen LogP contribution >= 0.6 is 0 Å². The summed E-state index contributed by atoms with van der Waals surface area (Å²) in [6.07, 6.45) is 3.19. The number of nitro groups is 1. The standard InChI is InChI=1S/C23H17FN4O5/c1-27(13-17-5-4-14(9-19(17)24)16-3-2-8-26-12-16)23(31)18(11-25)22(30)15-6-7-21(29)20(10-15)28(32)33/h2-10,12,29-30H,13H2,1H3/b22-18-. The lowest BCUT2D eigenvalue weighted by Crippen LogP contribution is -2.28. The minimum Gasteiger partial charge on any atom is -0.506 e. The van der Waals surface area contributed by atoms with Gasteiger partial charge in [-0.25, -0.2) is 4.39 Å². The van der Waals surface area contributed by atoms with Gasteiger partial charge in [-0.3, -0.25) is 19.9 Å². The Balaban J connectivity index is 1.86. The first kappa shape index (κ1) is 22.9. The smallest absolute Gasteiger partial charge is 0.311 e. The van der Waals surface area contributed by atoms with Gasteiger partial charge in [0, 0.05) is 48.7 Å². The average molecular weight is 448 g/mol. The van der Waals surface area contributed by atoms with E-state index in [-0.39, 0.29) is 17.7 Å². The van der Waals surface area contributed by atoms with E-state index in [1.165, 1.54) is 19.2 Å². The Bertz CT molecular complexity index is 1300. The Kier molecular flexibility index (Phi) is 6.64. The lowest BCUT2D eigenvalue weighted by Gasteiger charge is -2.18. The summed E-state index contributed by atoms with van der Waals surface area (Å²) in [5, 5.41) is 40.4. The Hall–Kier alpha value is -4.78. The number of phenols is 1. The first-order valence-electron chi connectivity index (χ1n) is 9.48. The van der Waals surface area contributed by atoms with Gasteiger partial charge < -0.3 is 15.1 Å². The topological polar surface area (TPSA) is 141 Å². The maximum absolute atomic E-state index is 14.7. The van der Waals surface area contributed by atoms with Crippen molar-refractivity contribution in [2.45, 2.75) is 6.54 Å². The Labute approximate surface area is 187 Å². The van der Waals surface area contributed by atoms with Crippen molar-refractivity contribution >= 4 is 17.4 Å². The molecule has 3 rings (SSSR count). The highest BCUT2D eigenvalue weighted by Crippen LogP contribution is 2.30. The fourth-order valence-corrected chi connectivity index (χ4v) is 3.07. The van der Waals surface area contributed by atoms with E-state index >= 15 is 0 Å². The second kappa shape index (κ2) is 9.57. The van der Waals surface area contributed by atoms with Crippen molar-refractivity contribution in [3.8, 4) is 22.9 Å². The largest absolute Gasteiger partial charge is 0.506 e. The number of benzene rings is 2. The summed E-state index contributed by atoms with van der Waals surface area (Å²) in [4.78, 5) is 27.9. The maximum atomic E-state index is 14.7. The zero-order valence-corrected chi connectivity index (χ0v) is 17.3. The number of rotatable bonds is 6. The third-order valence-corrected chi connectivity index (χ3v) is 4.81. The summed E-state index contributed by atoms with van der Waals surface area (Å²) >= 11 is 0. The van der Waals surface area contributed by atoms with Gasteiger partial charge in [0.05, 0.1) is 4.92 Å². The molecule has 2 aromatic carbocycles. The Morgan fingerprint density at radius 1 is 1.24 bits per heavy atom. The molecule has 0 bridgehead atoms. The number of halogens is 1. The van der Waals surface area contributed by atoms with Gasteiger partial charge in [0.1, 0.15) is 17.6 Å². The fraction of sp³-hybridized carbons (Fsp3) is 0.0870. The molecule has 1 amide bonds. The summed E-state index contributed by atoms with van der Waals surface area (Å²) in [5.41, 5.74) is -0.101. The number of likely N-dealkylation sites (N-methyl/N-ethyl adjacent to an activating group) is 1. The molecule has 166 valence electrons. The highest BCUT2D eigenvalue weighted by molar-refractivity contribution is 6.03. The molecule has 2 N–H and O–H groups in total. The highest BCUT2D eigenvalue weighted by atomic mass is 19.1. The van der Waals surface area contributed by atoms with Gasteiger partial charge in [0.15, 0.2) is 11.3 Å². The number of carbonyl (C=O) groups is 1. The number of amides is 1. The fourth-order valence-electron chi connectivity index (χ4n) is 3.07. The third-order valence-electron chi connectivity index (χ3n) is 4.81. The van der Waals surface area contributed by atoms with Crippen molar-refractivity contribution in [2.24, 2.45) is 0 Å². The molecule has 3 aromatic rings. The van der Waals surface area contributed by atoms with Gasteiger partial charge in [-0.15, -0.1) is 0 Å². The maximum Gasteiger partial charge on any atom is 0.311 e. The van der Waals surface area contributed by atoms with Gasteiger partial charge in [-0.1, -0.05) is 18.2 Å². The van der Waals surface area contributed by atoms with Crippen molar-refractivity contribution in [1.82, 2.24) is 9.88 Å². The number of hydrogen-bond donors (Lipinski definition) is 2. The number of aliphatic hydroxyl groups is 1. The molecule has 1 heterocycles.